The Morgan fingerprint density at radius 2 is 1.95 bits per heavy atom. The summed E-state index contributed by atoms with van der Waals surface area (Å²) in [5.74, 6) is 2.24. The summed E-state index contributed by atoms with van der Waals surface area (Å²) < 4.78 is 24.0. The number of unbranched alkanes of at least 4 members (excludes halogenated alkanes) is 1. The number of hydrogen-bond donors (Lipinski definition) is 1. The summed E-state index contributed by atoms with van der Waals surface area (Å²) in [5.41, 5.74) is 4.59. The lowest BCUT2D eigenvalue weighted by atomic mass is 10.1. The summed E-state index contributed by atoms with van der Waals surface area (Å²) in [4.78, 5) is 14.4. The highest BCUT2D eigenvalue weighted by Gasteiger charge is 2.31. The summed E-state index contributed by atoms with van der Waals surface area (Å²) in [6.45, 7) is 3.78. The van der Waals surface area contributed by atoms with E-state index in [4.69, 9.17) is 14.7 Å². The number of methoxy groups -OCH3 is 1. The topological polar surface area (TPSA) is 69.8 Å². The van der Waals surface area contributed by atoms with E-state index in [9.17, 15) is 4.39 Å². The molecule has 5 aromatic rings. The molecule has 1 atom stereocenters. The number of benzene rings is 2. The molecule has 0 fully saturated rings. The van der Waals surface area contributed by atoms with E-state index in [0.29, 0.717) is 5.95 Å². The fraction of sp³-hybridized carbons (Fsp3) is 0.300. The van der Waals surface area contributed by atoms with Crippen molar-refractivity contribution in [1.82, 2.24) is 24.1 Å². The number of hydrogen-bond acceptors (Lipinski definition) is 5. The van der Waals surface area contributed by atoms with E-state index >= 15 is 0 Å². The molecule has 1 N–H and O–H groups in total. The van der Waals surface area contributed by atoms with Crippen LogP contribution >= 0.6 is 0 Å². The monoisotopic (exact) mass is 510 g/mol. The van der Waals surface area contributed by atoms with E-state index in [1.807, 2.05) is 18.2 Å². The lowest BCUT2D eigenvalue weighted by molar-refractivity contribution is 0.419. The van der Waals surface area contributed by atoms with Crippen LogP contribution in [0, 0.1) is 5.82 Å². The Balaban J connectivity index is 1.43. The van der Waals surface area contributed by atoms with E-state index < -0.39 is 0 Å². The van der Waals surface area contributed by atoms with Crippen LogP contribution < -0.4 is 10.1 Å². The zero-order chi connectivity index (χ0) is 26.1. The molecule has 0 saturated heterocycles. The number of aryl methyl sites for hydroxylation is 1. The van der Waals surface area contributed by atoms with Gasteiger partial charge < -0.3 is 19.2 Å². The maximum Gasteiger partial charge on any atom is 0.223 e. The highest BCUT2D eigenvalue weighted by molar-refractivity contribution is 5.86. The molecule has 1 aliphatic heterocycles. The van der Waals surface area contributed by atoms with Gasteiger partial charge in [-0.25, -0.2) is 19.3 Å². The lowest BCUT2D eigenvalue weighted by Crippen LogP contribution is -2.14. The van der Waals surface area contributed by atoms with Crippen molar-refractivity contribution in [1.29, 1.82) is 0 Å². The molecule has 1 unspecified atom stereocenters. The molecule has 194 valence electrons. The fourth-order valence-electron chi connectivity index (χ4n) is 5.41. The van der Waals surface area contributed by atoms with Gasteiger partial charge in [0.2, 0.25) is 5.95 Å². The minimum Gasteiger partial charge on any atom is -0.496 e. The van der Waals surface area contributed by atoms with Crippen LogP contribution in [0.3, 0.4) is 0 Å². The van der Waals surface area contributed by atoms with Crippen LogP contribution in [0.15, 0.2) is 67.0 Å². The minimum absolute atomic E-state index is 0.190. The van der Waals surface area contributed by atoms with Crippen LogP contribution in [0.5, 0.6) is 5.75 Å². The van der Waals surface area contributed by atoms with Gasteiger partial charge in [0, 0.05) is 42.9 Å². The first-order valence-electron chi connectivity index (χ1n) is 13.2. The Morgan fingerprint density at radius 3 is 2.76 bits per heavy atom. The van der Waals surface area contributed by atoms with Crippen molar-refractivity contribution in [2.45, 2.75) is 45.2 Å². The second-order valence-corrected chi connectivity index (χ2v) is 9.70. The Hall–Kier alpha value is -4.20. The van der Waals surface area contributed by atoms with Crippen LogP contribution in [0.25, 0.3) is 33.5 Å². The number of fused-ring (bicyclic) bond motifs is 2. The summed E-state index contributed by atoms with van der Waals surface area (Å²) in [7, 11) is 1.71. The van der Waals surface area contributed by atoms with Gasteiger partial charge in [-0.05, 0) is 61.4 Å². The number of nitrogens with zero attached hydrogens (tertiary/aromatic N) is 5. The molecule has 8 heteroatoms. The number of ether oxygens (including phenoxy) is 1. The van der Waals surface area contributed by atoms with E-state index in [1.54, 1.807) is 25.4 Å². The lowest BCUT2D eigenvalue weighted by Gasteiger charge is -2.19. The number of aromatic nitrogens is 5. The third-order valence-corrected chi connectivity index (χ3v) is 7.28. The third kappa shape index (κ3) is 4.40. The highest BCUT2D eigenvalue weighted by atomic mass is 19.1. The summed E-state index contributed by atoms with van der Waals surface area (Å²) in [5, 5.41) is 4.44. The normalized spacial score (nSPS) is 14.7. The van der Waals surface area contributed by atoms with Crippen molar-refractivity contribution in [2.24, 2.45) is 0 Å². The van der Waals surface area contributed by atoms with Crippen LogP contribution in [0.4, 0.5) is 10.3 Å². The quantitative estimate of drug-likeness (QED) is 0.229. The molecular weight excluding hydrogens is 479 g/mol. The van der Waals surface area contributed by atoms with Gasteiger partial charge in [0.05, 0.1) is 35.8 Å². The predicted octanol–water partition coefficient (Wildman–Crippen LogP) is 6.51. The molecule has 7 nitrogen and oxygen atoms in total. The van der Waals surface area contributed by atoms with Crippen LogP contribution in [0.2, 0.25) is 0 Å². The number of rotatable bonds is 9. The second-order valence-electron chi connectivity index (χ2n) is 9.70. The standard InChI is InChI=1S/C30H31FN6O/c1-3-4-16-32-30-33-17-14-24(34-30)29-28(20-8-10-21(31)11-9-20)35-27-13-12-22(37(27)29)19-36-18-15-23-25(36)6-5-7-26(23)38-2/h5-11,14-15,17-18,22H,3-4,12-13,16,19H2,1-2H3,(H,32,33,34). The van der Waals surface area contributed by atoms with Crippen LogP contribution in [0.1, 0.15) is 38.1 Å². The van der Waals surface area contributed by atoms with Gasteiger partial charge in [-0.1, -0.05) is 19.4 Å². The molecule has 0 bridgehead atoms. The first kappa shape index (κ1) is 24.2. The minimum atomic E-state index is -0.265. The van der Waals surface area contributed by atoms with E-state index in [-0.39, 0.29) is 11.9 Å². The molecule has 0 aliphatic carbocycles. The van der Waals surface area contributed by atoms with E-state index in [0.717, 1.165) is 83.9 Å². The summed E-state index contributed by atoms with van der Waals surface area (Å²) in [6.07, 6.45) is 7.92. The second kappa shape index (κ2) is 10.3. The smallest absolute Gasteiger partial charge is 0.223 e. The fourth-order valence-corrected chi connectivity index (χ4v) is 5.41. The van der Waals surface area contributed by atoms with Gasteiger partial charge in [0.1, 0.15) is 17.4 Å². The Labute approximate surface area is 221 Å². The molecule has 0 spiro atoms. The van der Waals surface area contributed by atoms with Crippen molar-refractivity contribution in [3.8, 4) is 28.4 Å². The van der Waals surface area contributed by atoms with Gasteiger partial charge in [0.25, 0.3) is 0 Å². The van der Waals surface area contributed by atoms with Crippen molar-refractivity contribution in [3.63, 3.8) is 0 Å². The molecule has 38 heavy (non-hydrogen) atoms. The molecular formula is C30H31FN6O. The first-order chi connectivity index (χ1) is 18.7. The molecule has 0 amide bonds. The predicted molar refractivity (Wildman–Crippen MR) is 148 cm³/mol. The third-order valence-electron chi connectivity index (χ3n) is 7.28. The zero-order valence-corrected chi connectivity index (χ0v) is 21.7. The average Bonchev–Trinajstić information content (AvgIpc) is 3.64. The average molecular weight is 511 g/mol. The van der Waals surface area contributed by atoms with Crippen molar-refractivity contribution in [3.05, 3.63) is 78.6 Å². The Morgan fingerprint density at radius 1 is 1.08 bits per heavy atom. The molecule has 3 aromatic heterocycles. The van der Waals surface area contributed by atoms with Crippen molar-refractivity contribution < 1.29 is 9.13 Å². The highest BCUT2D eigenvalue weighted by Crippen LogP contribution is 2.40. The molecule has 0 saturated carbocycles. The largest absolute Gasteiger partial charge is 0.496 e. The SMILES string of the molecule is CCCCNc1nccc(-c2c(-c3ccc(F)cc3)nc3n2C(Cn2ccc4c(OC)cccc42)CC3)n1. The van der Waals surface area contributed by atoms with E-state index in [1.165, 1.54) is 12.1 Å². The van der Waals surface area contributed by atoms with Gasteiger partial charge >= 0.3 is 0 Å². The van der Waals surface area contributed by atoms with Gasteiger partial charge in [-0.15, -0.1) is 0 Å². The molecule has 6 rings (SSSR count). The number of anilines is 1. The van der Waals surface area contributed by atoms with Gasteiger partial charge in [0.15, 0.2) is 0 Å². The Bertz CT molecular complexity index is 1570. The molecule has 2 aromatic carbocycles. The van der Waals surface area contributed by atoms with Crippen LogP contribution in [-0.2, 0) is 13.0 Å². The summed E-state index contributed by atoms with van der Waals surface area (Å²) >= 11 is 0. The van der Waals surface area contributed by atoms with Crippen molar-refractivity contribution >= 4 is 16.9 Å². The van der Waals surface area contributed by atoms with Crippen molar-refractivity contribution in [2.75, 3.05) is 19.0 Å². The number of halogens is 1. The van der Waals surface area contributed by atoms with Gasteiger partial charge in [-0.3, -0.25) is 0 Å². The maximum absolute atomic E-state index is 13.8. The number of nitrogens with one attached hydrogen (secondary N) is 1. The first-order valence-corrected chi connectivity index (χ1v) is 13.2. The maximum atomic E-state index is 13.8. The molecule has 1 aliphatic rings. The Kier molecular flexibility index (Phi) is 6.54. The van der Waals surface area contributed by atoms with Gasteiger partial charge in [-0.2, -0.15) is 0 Å². The zero-order valence-electron chi connectivity index (χ0n) is 21.7. The van der Waals surface area contributed by atoms with Crippen LogP contribution in [-0.4, -0.2) is 37.7 Å². The molecule has 0 radical (unpaired) electrons. The van der Waals surface area contributed by atoms with E-state index in [2.05, 4.69) is 44.7 Å². The summed E-state index contributed by atoms with van der Waals surface area (Å²) in [6, 6.07) is 16.9. The number of imidazole rings is 1. The molecule has 4 heterocycles.